The Kier molecular flexibility index (Phi) is 4.24. The Morgan fingerprint density at radius 3 is 2.69 bits per heavy atom. The second-order valence-electron chi connectivity index (χ2n) is 4.09. The molecule has 13 heavy (non-hydrogen) atoms. The van der Waals surface area contributed by atoms with Gasteiger partial charge in [-0.1, -0.05) is 26.2 Å². The van der Waals surface area contributed by atoms with Crippen molar-refractivity contribution >= 4 is 0 Å². The Morgan fingerprint density at radius 1 is 1.38 bits per heavy atom. The van der Waals surface area contributed by atoms with Gasteiger partial charge in [0.15, 0.2) is 0 Å². The quantitative estimate of drug-likeness (QED) is 0.624. The molecule has 0 saturated heterocycles. The number of nitrogens with zero attached hydrogens (tertiary/aromatic N) is 2. The van der Waals surface area contributed by atoms with Gasteiger partial charge >= 0.3 is 0 Å². The van der Waals surface area contributed by atoms with Crippen molar-refractivity contribution in [3.8, 4) is 6.07 Å². The van der Waals surface area contributed by atoms with Gasteiger partial charge in [0, 0.05) is 6.04 Å². The zero-order chi connectivity index (χ0) is 9.68. The molecule has 2 unspecified atom stereocenters. The number of rotatable bonds is 3. The van der Waals surface area contributed by atoms with E-state index in [2.05, 4.69) is 24.9 Å². The molecule has 0 N–H and O–H groups in total. The van der Waals surface area contributed by atoms with E-state index in [-0.39, 0.29) is 0 Å². The van der Waals surface area contributed by atoms with Crippen LogP contribution in [0, 0.1) is 17.2 Å². The largest absolute Gasteiger partial charge is 0.290 e. The molecular formula is C11H20N2. The van der Waals surface area contributed by atoms with Gasteiger partial charge in [0.1, 0.15) is 0 Å². The summed E-state index contributed by atoms with van der Waals surface area (Å²) >= 11 is 0. The molecule has 1 aliphatic carbocycles. The summed E-state index contributed by atoms with van der Waals surface area (Å²) in [5, 5.41) is 8.63. The van der Waals surface area contributed by atoms with Gasteiger partial charge in [-0.05, 0) is 25.8 Å². The average Bonchev–Trinajstić information content (AvgIpc) is 2.18. The molecule has 0 bridgehead atoms. The maximum absolute atomic E-state index is 8.63. The first kappa shape index (κ1) is 10.5. The maximum atomic E-state index is 8.63. The van der Waals surface area contributed by atoms with Crippen LogP contribution in [0.5, 0.6) is 0 Å². The molecule has 1 saturated carbocycles. The molecule has 2 atom stereocenters. The van der Waals surface area contributed by atoms with Crippen LogP contribution in [0.15, 0.2) is 0 Å². The van der Waals surface area contributed by atoms with Gasteiger partial charge in [0.05, 0.1) is 12.6 Å². The smallest absolute Gasteiger partial charge is 0.0865 e. The van der Waals surface area contributed by atoms with Crippen molar-refractivity contribution in [1.82, 2.24) is 4.90 Å². The van der Waals surface area contributed by atoms with Gasteiger partial charge in [-0.15, -0.1) is 0 Å². The third kappa shape index (κ3) is 2.70. The number of hydrogen-bond donors (Lipinski definition) is 0. The van der Waals surface area contributed by atoms with Crippen LogP contribution in [0.1, 0.15) is 39.0 Å². The van der Waals surface area contributed by atoms with E-state index < -0.39 is 0 Å². The molecule has 1 rings (SSSR count). The summed E-state index contributed by atoms with van der Waals surface area (Å²) < 4.78 is 0. The van der Waals surface area contributed by atoms with Crippen LogP contribution in [0.2, 0.25) is 0 Å². The predicted octanol–water partition coefficient (Wildman–Crippen LogP) is 2.41. The van der Waals surface area contributed by atoms with Crippen molar-refractivity contribution in [3.05, 3.63) is 0 Å². The van der Waals surface area contributed by atoms with Gasteiger partial charge in [0.25, 0.3) is 0 Å². The molecule has 1 aliphatic rings. The molecule has 2 nitrogen and oxygen atoms in total. The molecule has 0 heterocycles. The second kappa shape index (κ2) is 5.24. The minimum atomic E-state index is 0.584. The molecule has 0 aromatic rings. The number of hydrogen-bond acceptors (Lipinski definition) is 2. The van der Waals surface area contributed by atoms with E-state index in [9.17, 15) is 0 Å². The molecule has 74 valence electrons. The van der Waals surface area contributed by atoms with Gasteiger partial charge in [0.2, 0.25) is 0 Å². The third-order valence-corrected chi connectivity index (χ3v) is 3.28. The van der Waals surface area contributed by atoms with E-state index in [0.717, 1.165) is 5.92 Å². The van der Waals surface area contributed by atoms with Crippen molar-refractivity contribution in [2.24, 2.45) is 5.92 Å². The lowest BCUT2D eigenvalue weighted by molar-refractivity contribution is 0.140. The summed E-state index contributed by atoms with van der Waals surface area (Å²) in [6.45, 7) is 2.85. The van der Waals surface area contributed by atoms with E-state index in [4.69, 9.17) is 5.26 Å². The van der Waals surface area contributed by atoms with Gasteiger partial charge in [-0.25, -0.2) is 0 Å². The van der Waals surface area contributed by atoms with Crippen molar-refractivity contribution in [2.75, 3.05) is 13.6 Å². The molecule has 2 heteroatoms. The Bertz CT molecular complexity index is 183. The van der Waals surface area contributed by atoms with Crippen LogP contribution >= 0.6 is 0 Å². The molecule has 0 aliphatic heterocycles. The SMILES string of the molecule is CCC1CCCCC1N(C)CC#N. The van der Waals surface area contributed by atoms with E-state index in [0.29, 0.717) is 12.6 Å². The highest BCUT2D eigenvalue weighted by Crippen LogP contribution is 2.29. The lowest BCUT2D eigenvalue weighted by Crippen LogP contribution is -2.39. The van der Waals surface area contributed by atoms with Crippen LogP contribution < -0.4 is 0 Å². The summed E-state index contributed by atoms with van der Waals surface area (Å²) in [7, 11) is 2.09. The zero-order valence-electron chi connectivity index (χ0n) is 8.79. The van der Waals surface area contributed by atoms with Crippen LogP contribution in [0.25, 0.3) is 0 Å². The van der Waals surface area contributed by atoms with Crippen molar-refractivity contribution in [3.63, 3.8) is 0 Å². The predicted molar refractivity (Wildman–Crippen MR) is 54.3 cm³/mol. The highest BCUT2D eigenvalue weighted by atomic mass is 15.1. The average molecular weight is 180 g/mol. The van der Waals surface area contributed by atoms with Crippen LogP contribution in [0.4, 0.5) is 0 Å². The van der Waals surface area contributed by atoms with E-state index >= 15 is 0 Å². The Balaban J connectivity index is 2.49. The summed E-state index contributed by atoms with van der Waals surface area (Å²) in [6, 6.07) is 2.90. The molecule has 0 aromatic heterocycles. The molecule has 0 amide bonds. The topological polar surface area (TPSA) is 27.0 Å². The molecule has 0 spiro atoms. The highest BCUT2D eigenvalue weighted by Gasteiger charge is 2.26. The first-order chi connectivity index (χ1) is 6.29. The van der Waals surface area contributed by atoms with Crippen LogP contribution in [-0.4, -0.2) is 24.5 Å². The Morgan fingerprint density at radius 2 is 2.08 bits per heavy atom. The fourth-order valence-electron chi connectivity index (χ4n) is 2.47. The first-order valence-electron chi connectivity index (χ1n) is 5.36. The molecule has 0 radical (unpaired) electrons. The zero-order valence-corrected chi connectivity index (χ0v) is 8.79. The van der Waals surface area contributed by atoms with Gasteiger partial charge < -0.3 is 0 Å². The third-order valence-electron chi connectivity index (χ3n) is 3.28. The Hall–Kier alpha value is -0.550. The van der Waals surface area contributed by atoms with Crippen molar-refractivity contribution in [1.29, 1.82) is 5.26 Å². The van der Waals surface area contributed by atoms with E-state index in [1.807, 2.05) is 0 Å². The highest BCUT2D eigenvalue weighted by molar-refractivity contribution is 4.85. The lowest BCUT2D eigenvalue weighted by atomic mass is 9.82. The van der Waals surface area contributed by atoms with Gasteiger partial charge in [-0.2, -0.15) is 5.26 Å². The molecule has 0 aromatic carbocycles. The molecular weight excluding hydrogens is 160 g/mol. The van der Waals surface area contributed by atoms with Crippen LogP contribution in [-0.2, 0) is 0 Å². The van der Waals surface area contributed by atoms with E-state index in [1.165, 1.54) is 32.1 Å². The van der Waals surface area contributed by atoms with E-state index in [1.54, 1.807) is 0 Å². The second-order valence-corrected chi connectivity index (χ2v) is 4.09. The minimum absolute atomic E-state index is 0.584. The normalized spacial score (nSPS) is 28.8. The number of nitriles is 1. The van der Waals surface area contributed by atoms with Crippen molar-refractivity contribution in [2.45, 2.75) is 45.1 Å². The standard InChI is InChI=1S/C11H20N2/c1-3-10-6-4-5-7-11(10)13(2)9-8-12/h10-11H,3-7,9H2,1-2H3. The maximum Gasteiger partial charge on any atom is 0.0865 e. The summed E-state index contributed by atoms with van der Waals surface area (Å²) in [5.41, 5.74) is 0. The van der Waals surface area contributed by atoms with Gasteiger partial charge in [-0.3, -0.25) is 4.90 Å². The fraction of sp³-hybridized carbons (Fsp3) is 0.909. The minimum Gasteiger partial charge on any atom is -0.290 e. The van der Waals surface area contributed by atoms with Crippen LogP contribution in [0.3, 0.4) is 0 Å². The summed E-state index contributed by atoms with van der Waals surface area (Å²) in [6.07, 6.45) is 6.64. The monoisotopic (exact) mass is 180 g/mol. The summed E-state index contributed by atoms with van der Waals surface area (Å²) in [5.74, 6) is 0.826. The molecule has 1 fully saturated rings. The fourth-order valence-corrected chi connectivity index (χ4v) is 2.47. The van der Waals surface area contributed by atoms with Crippen molar-refractivity contribution < 1.29 is 0 Å². The first-order valence-corrected chi connectivity index (χ1v) is 5.36. The Labute approximate surface area is 81.5 Å². The summed E-state index contributed by atoms with van der Waals surface area (Å²) in [4.78, 5) is 2.23. The lowest BCUT2D eigenvalue weighted by Gasteiger charge is -2.36.